The summed E-state index contributed by atoms with van der Waals surface area (Å²) in [5, 5.41) is 2.47. The van der Waals surface area contributed by atoms with Crippen molar-refractivity contribution >= 4 is 17.5 Å². The van der Waals surface area contributed by atoms with Crippen molar-refractivity contribution in [2.45, 2.75) is 44.9 Å². The molecule has 30 heavy (non-hydrogen) atoms. The van der Waals surface area contributed by atoms with Crippen molar-refractivity contribution in [2.75, 3.05) is 12.0 Å². The smallest absolute Gasteiger partial charge is 0.257 e. The number of hydrogen-bond donors (Lipinski definition) is 3. The van der Waals surface area contributed by atoms with Gasteiger partial charge in [0.2, 0.25) is 11.7 Å². The maximum absolute atomic E-state index is 13.6. The van der Waals surface area contributed by atoms with Crippen LogP contribution in [0.1, 0.15) is 44.9 Å². The number of carbonyl (C=O) groups is 2. The fraction of sp³-hybridized carbons (Fsp3) is 0.600. The number of nitrogens with one attached hydrogen (secondary N) is 3. The van der Waals surface area contributed by atoms with E-state index in [1.54, 1.807) is 5.43 Å². The Morgan fingerprint density at radius 1 is 0.767 bits per heavy atom. The van der Waals surface area contributed by atoms with E-state index in [9.17, 15) is 31.5 Å². The van der Waals surface area contributed by atoms with E-state index in [0.717, 1.165) is 19.3 Å². The molecule has 2 amide bonds. The molecule has 0 spiro atoms. The molecule has 10 heteroatoms. The average Bonchev–Trinajstić information content (AvgIpc) is 2.68. The summed E-state index contributed by atoms with van der Waals surface area (Å²) in [5.41, 5.74) is 2.14. The first-order chi connectivity index (χ1) is 14.2. The number of carbonyl (C=O) groups excluding carboxylic acids is 2. The van der Waals surface area contributed by atoms with Gasteiger partial charge in [0.25, 0.3) is 5.91 Å². The van der Waals surface area contributed by atoms with Gasteiger partial charge in [-0.2, -0.15) is 0 Å². The average molecular weight is 431 g/mol. The third-order valence-corrected chi connectivity index (χ3v) is 6.68. The largest absolute Gasteiger partial charge is 0.347 e. The minimum Gasteiger partial charge on any atom is -0.347 e. The number of amides is 2. The van der Waals surface area contributed by atoms with Crippen LogP contribution in [0.4, 0.5) is 27.6 Å². The Morgan fingerprint density at radius 3 is 1.73 bits per heavy atom. The van der Waals surface area contributed by atoms with Gasteiger partial charge in [0.15, 0.2) is 23.3 Å². The molecular weight excluding hydrogens is 409 g/mol. The third kappa shape index (κ3) is 3.83. The van der Waals surface area contributed by atoms with Crippen LogP contribution in [-0.4, -0.2) is 18.4 Å². The molecule has 4 aliphatic rings. The van der Waals surface area contributed by atoms with Gasteiger partial charge in [-0.15, -0.1) is 0 Å². The van der Waals surface area contributed by atoms with Gasteiger partial charge >= 0.3 is 0 Å². The summed E-state index contributed by atoms with van der Waals surface area (Å²) in [6.07, 6.45) is 7.14. The summed E-state index contributed by atoms with van der Waals surface area (Å²) < 4.78 is 66.5. The highest BCUT2D eigenvalue weighted by Crippen LogP contribution is 2.61. The van der Waals surface area contributed by atoms with Gasteiger partial charge in [-0.25, -0.2) is 22.0 Å². The summed E-state index contributed by atoms with van der Waals surface area (Å²) in [6, 6.07) is 0. The molecule has 0 aliphatic heterocycles. The summed E-state index contributed by atoms with van der Waals surface area (Å²) in [5.74, 6) is -9.90. The molecule has 4 bridgehead atoms. The molecule has 0 saturated heterocycles. The molecule has 0 aromatic heterocycles. The second kappa shape index (κ2) is 7.70. The van der Waals surface area contributed by atoms with Crippen molar-refractivity contribution in [3.8, 4) is 0 Å². The second-order valence-electron chi connectivity index (χ2n) is 8.99. The number of halogens is 5. The predicted molar refractivity (Wildman–Crippen MR) is 96.2 cm³/mol. The molecule has 4 saturated carbocycles. The van der Waals surface area contributed by atoms with Gasteiger partial charge in [-0.1, -0.05) is 0 Å². The van der Waals surface area contributed by atoms with Gasteiger partial charge in [0, 0.05) is 6.42 Å². The van der Waals surface area contributed by atoms with Crippen LogP contribution in [0.5, 0.6) is 0 Å². The van der Waals surface area contributed by atoms with Crippen LogP contribution in [0, 0.1) is 52.3 Å². The predicted octanol–water partition coefficient (Wildman–Crippen LogP) is 3.55. The van der Waals surface area contributed by atoms with Crippen LogP contribution in [0.15, 0.2) is 0 Å². The van der Waals surface area contributed by atoms with Crippen LogP contribution in [0.2, 0.25) is 0 Å². The van der Waals surface area contributed by atoms with Gasteiger partial charge in [-0.3, -0.25) is 20.4 Å². The van der Waals surface area contributed by atoms with Gasteiger partial charge in [0.05, 0.1) is 6.54 Å². The Balaban J connectivity index is 1.28. The lowest BCUT2D eigenvalue weighted by atomic mass is 9.49. The molecule has 0 heterocycles. The maximum atomic E-state index is 13.6. The molecular formula is C20H22F5N3O2. The zero-order valence-electron chi connectivity index (χ0n) is 16.1. The lowest BCUT2D eigenvalue weighted by molar-refractivity contribution is -0.131. The number of hydrazine groups is 1. The van der Waals surface area contributed by atoms with E-state index < -0.39 is 47.2 Å². The number of rotatable bonds is 6. The van der Waals surface area contributed by atoms with Gasteiger partial charge in [-0.05, 0) is 61.7 Å². The quantitative estimate of drug-likeness (QED) is 0.279. The molecule has 1 aromatic rings. The lowest BCUT2D eigenvalue weighted by Crippen LogP contribution is -2.48. The van der Waals surface area contributed by atoms with Gasteiger partial charge in [0.1, 0.15) is 5.69 Å². The zero-order valence-corrected chi connectivity index (χ0v) is 16.1. The van der Waals surface area contributed by atoms with E-state index in [-0.39, 0.29) is 11.3 Å². The van der Waals surface area contributed by atoms with E-state index in [4.69, 9.17) is 0 Å². The lowest BCUT2D eigenvalue weighted by Gasteiger charge is -2.56. The molecule has 4 aliphatic carbocycles. The highest BCUT2D eigenvalue weighted by Gasteiger charge is 2.51. The molecule has 164 valence electrons. The zero-order chi connectivity index (χ0) is 21.6. The standard InChI is InChI=1S/C20H22F5N3O2/c21-14-15(22)17(24)19(18(25)16(14)23)28-27-13(30)8-26-12(29)7-20-4-9-1-10(5-20)3-11(2-9)6-20/h9-11,28H,1-8H2,(H,26,29)(H,27,30). The van der Waals surface area contributed by atoms with Crippen molar-refractivity contribution in [3.05, 3.63) is 29.1 Å². The van der Waals surface area contributed by atoms with Gasteiger partial charge < -0.3 is 5.32 Å². The summed E-state index contributed by atoms with van der Waals surface area (Å²) in [6.45, 7) is -0.492. The van der Waals surface area contributed by atoms with Crippen molar-refractivity contribution in [2.24, 2.45) is 23.2 Å². The van der Waals surface area contributed by atoms with Crippen LogP contribution in [-0.2, 0) is 9.59 Å². The molecule has 5 nitrogen and oxygen atoms in total. The highest BCUT2D eigenvalue weighted by atomic mass is 19.2. The normalized spacial score (nSPS) is 29.0. The van der Waals surface area contributed by atoms with E-state index in [1.807, 2.05) is 5.43 Å². The number of hydrogen-bond acceptors (Lipinski definition) is 3. The summed E-state index contributed by atoms with van der Waals surface area (Å²) >= 11 is 0. The van der Waals surface area contributed by atoms with Crippen molar-refractivity contribution in [1.29, 1.82) is 0 Å². The monoisotopic (exact) mass is 431 g/mol. The first kappa shape index (κ1) is 20.9. The Kier molecular flexibility index (Phi) is 5.36. The molecule has 0 radical (unpaired) electrons. The summed E-state index contributed by atoms with van der Waals surface area (Å²) in [4.78, 5) is 24.2. The molecule has 0 atom stereocenters. The minimum atomic E-state index is -2.29. The van der Waals surface area contributed by atoms with Crippen molar-refractivity contribution in [3.63, 3.8) is 0 Å². The van der Waals surface area contributed by atoms with Crippen LogP contribution in [0.3, 0.4) is 0 Å². The second-order valence-corrected chi connectivity index (χ2v) is 8.99. The number of benzene rings is 1. The van der Waals surface area contributed by atoms with E-state index in [2.05, 4.69) is 5.32 Å². The maximum Gasteiger partial charge on any atom is 0.257 e. The Morgan fingerprint density at radius 2 is 1.23 bits per heavy atom. The molecule has 3 N–H and O–H groups in total. The van der Waals surface area contributed by atoms with Crippen molar-refractivity contribution < 1.29 is 31.5 Å². The van der Waals surface area contributed by atoms with Crippen LogP contribution < -0.4 is 16.2 Å². The fourth-order valence-electron chi connectivity index (χ4n) is 5.98. The molecule has 1 aromatic carbocycles. The number of anilines is 1. The first-order valence-electron chi connectivity index (χ1n) is 10.0. The van der Waals surface area contributed by atoms with Crippen LogP contribution in [0.25, 0.3) is 0 Å². The minimum absolute atomic E-state index is 0.0109. The fourth-order valence-corrected chi connectivity index (χ4v) is 5.98. The topological polar surface area (TPSA) is 70.2 Å². The highest BCUT2D eigenvalue weighted by molar-refractivity contribution is 5.85. The Labute approximate surface area is 169 Å². The summed E-state index contributed by atoms with van der Waals surface area (Å²) in [7, 11) is 0. The van der Waals surface area contributed by atoms with E-state index in [1.165, 1.54) is 19.3 Å². The van der Waals surface area contributed by atoms with E-state index >= 15 is 0 Å². The van der Waals surface area contributed by atoms with Crippen molar-refractivity contribution in [1.82, 2.24) is 10.7 Å². The first-order valence-corrected chi connectivity index (χ1v) is 10.0. The third-order valence-electron chi connectivity index (χ3n) is 6.68. The Hall–Kier alpha value is -2.39. The SMILES string of the molecule is O=C(CC12CC3CC(CC(C3)C1)C2)NCC(=O)NNc1c(F)c(F)c(F)c(F)c1F. The Bertz CT molecular complexity index is 827. The van der Waals surface area contributed by atoms with Crippen LogP contribution >= 0.6 is 0 Å². The molecule has 0 unspecified atom stereocenters. The molecule has 4 fully saturated rings. The molecule has 5 rings (SSSR count). The van der Waals surface area contributed by atoms with E-state index in [0.29, 0.717) is 24.2 Å².